The van der Waals surface area contributed by atoms with Crippen molar-refractivity contribution in [1.29, 1.82) is 0 Å². The Morgan fingerprint density at radius 3 is 2.67 bits per heavy atom. The normalized spacial score (nSPS) is 10.3. The summed E-state index contributed by atoms with van der Waals surface area (Å²) in [5.74, 6) is 0.766. The lowest BCUT2D eigenvalue weighted by Crippen LogP contribution is -2.17. The molecule has 2 aromatic rings. The Kier molecular flexibility index (Phi) is 2.91. The quantitative estimate of drug-likeness (QED) is 0.774. The summed E-state index contributed by atoms with van der Waals surface area (Å²) < 4.78 is 0. The molecular formula is C10H12N4S. The molecule has 0 fully saturated rings. The zero-order chi connectivity index (χ0) is 10.7. The highest BCUT2D eigenvalue weighted by Crippen LogP contribution is 2.18. The Hall–Kier alpha value is -1.49. The molecule has 0 amide bonds. The first-order valence-electron chi connectivity index (χ1n) is 4.62. The molecule has 0 spiro atoms. The van der Waals surface area contributed by atoms with E-state index in [9.17, 15) is 0 Å². The highest BCUT2D eigenvalue weighted by molar-refractivity contribution is 7.80. The predicted molar refractivity (Wildman–Crippen MR) is 62.2 cm³/mol. The number of thiol groups is 1. The number of aromatic amines is 1. The van der Waals surface area contributed by atoms with Gasteiger partial charge in [0.05, 0.1) is 0 Å². The average Bonchev–Trinajstić information content (AvgIpc) is 2.66. The summed E-state index contributed by atoms with van der Waals surface area (Å²) in [4.78, 5) is 2.00. The molecule has 1 heterocycles. The Bertz CT molecular complexity index is 426. The van der Waals surface area contributed by atoms with Crippen LogP contribution in [0.3, 0.4) is 0 Å². The van der Waals surface area contributed by atoms with E-state index in [0.29, 0.717) is 5.03 Å². The van der Waals surface area contributed by atoms with E-state index < -0.39 is 0 Å². The molecule has 1 aromatic carbocycles. The molecule has 0 atom stereocenters. The first-order chi connectivity index (χ1) is 7.27. The number of hydrogen-bond acceptors (Lipinski definition) is 4. The van der Waals surface area contributed by atoms with Crippen LogP contribution in [0.5, 0.6) is 0 Å². The van der Waals surface area contributed by atoms with Crippen LogP contribution < -0.4 is 4.90 Å². The maximum absolute atomic E-state index is 4.23. The van der Waals surface area contributed by atoms with E-state index in [4.69, 9.17) is 0 Å². The van der Waals surface area contributed by atoms with Crippen molar-refractivity contribution < 1.29 is 0 Å². The maximum Gasteiger partial charge on any atom is 0.184 e. The summed E-state index contributed by atoms with van der Waals surface area (Å²) in [7, 11) is 1.96. The van der Waals surface area contributed by atoms with Crippen molar-refractivity contribution in [3.8, 4) is 0 Å². The van der Waals surface area contributed by atoms with Gasteiger partial charge in [0, 0.05) is 13.6 Å². The van der Waals surface area contributed by atoms with E-state index in [-0.39, 0.29) is 0 Å². The standard InChI is InChI=1S/C10H12N4S/c1-14(9-10(15)12-13-11-9)7-8-5-3-2-4-6-8/h2-6H,7H2,1H3,(H2,11,12,13,15). The van der Waals surface area contributed by atoms with Crippen LogP contribution in [0.15, 0.2) is 35.4 Å². The Morgan fingerprint density at radius 2 is 2.07 bits per heavy atom. The third kappa shape index (κ3) is 2.30. The number of rotatable bonds is 3. The number of nitrogens with one attached hydrogen (secondary N) is 1. The molecule has 1 aromatic heterocycles. The van der Waals surface area contributed by atoms with Gasteiger partial charge in [0.1, 0.15) is 5.03 Å². The first-order valence-corrected chi connectivity index (χ1v) is 5.07. The zero-order valence-corrected chi connectivity index (χ0v) is 9.28. The van der Waals surface area contributed by atoms with E-state index in [1.165, 1.54) is 5.56 Å². The van der Waals surface area contributed by atoms with Gasteiger partial charge < -0.3 is 4.90 Å². The molecule has 2 rings (SSSR count). The molecule has 0 bridgehead atoms. The van der Waals surface area contributed by atoms with Crippen molar-refractivity contribution in [2.75, 3.05) is 11.9 Å². The van der Waals surface area contributed by atoms with Crippen LogP contribution in [0.4, 0.5) is 5.82 Å². The lowest BCUT2D eigenvalue weighted by molar-refractivity contribution is 0.873. The Morgan fingerprint density at radius 1 is 1.33 bits per heavy atom. The summed E-state index contributed by atoms with van der Waals surface area (Å²) in [6.07, 6.45) is 0. The fraction of sp³-hybridized carbons (Fsp3) is 0.200. The maximum atomic E-state index is 4.23. The Balaban J connectivity index is 2.11. The molecule has 0 unspecified atom stereocenters. The first kappa shape index (κ1) is 10.0. The highest BCUT2D eigenvalue weighted by Gasteiger charge is 2.08. The minimum Gasteiger partial charge on any atom is -0.352 e. The smallest absolute Gasteiger partial charge is 0.184 e. The van der Waals surface area contributed by atoms with Gasteiger partial charge in [-0.2, -0.15) is 0 Å². The molecule has 0 saturated carbocycles. The zero-order valence-electron chi connectivity index (χ0n) is 8.38. The molecule has 1 N–H and O–H groups in total. The fourth-order valence-electron chi connectivity index (χ4n) is 1.41. The number of hydrogen-bond donors (Lipinski definition) is 2. The summed E-state index contributed by atoms with van der Waals surface area (Å²) in [5.41, 5.74) is 1.23. The lowest BCUT2D eigenvalue weighted by Gasteiger charge is -2.16. The average molecular weight is 220 g/mol. The van der Waals surface area contributed by atoms with E-state index in [2.05, 4.69) is 40.2 Å². The minimum absolute atomic E-state index is 0.688. The largest absolute Gasteiger partial charge is 0.352 e. The third-order valence-electron chi connectivity index (χ3n) is 2.14. The molecule has 15 heavy (non-hydrogen) atoms. The summed E-state index contributed by atoms with van der Waals surface area (Å²) in [6, 6.07) is 10.2. The minimum atomic E-state index is 0.688. The number of aromatic nitrogens is 3. The number of nitrogens with zero attached hydrogens (tertiary/aromatic N) is 3. The second-order valence-corrected chi connectivity index (χ2v) is 3.77. The second-order valence-electron chi connectivity index (χ2n) is 3.33. The predicted octanol–water partition coefficient (Wildman–Crippen LogP) is 1.73. The van der Waals surface area contributed by atoms with Crippen LogP contribution in [0.1, 0.15) is 5.56 Å². The fourth-order valence-corrected chi connectivity index (χ4v) is 1.67. The van der Waals surface area contributed by atoms with Crippen molar-refractivity contribution in [1.82, 2.24) is 15.4 Å². The summed E-state index contributed by atoms with van der Waals surface area (Å²) in [6.45, 7) is 0.793. The molecule has 0 radical (unpaired) electrons. The van der Waals surface area contributed by atoms with Crippen molar-refractivity contribution in [3.05, 3.63) is 35.9 Å². The van der Waals surface area contributed by atoms with Gasteiger partial charge in [0.15, 0.2) is 5.82 Å². The molecule has 4 nitrogen and oxygen atoms in total. The van der Waals surface area contributed by atoms with Crippen molar-refractivity contribution >= 4 is 18.4 Å². The van der Waals surface area contributed by atoms with Gasteiger partial charge in [-0.1, -0.05) is 35.5 Å². The van der Waals surface area contributed by atoms with Gasteiger partial charge >= 0.3 is 0 Å². The van der Waals surface area contributed by atoms with E-state index in [1.807, 2.05) is 30.1 Å². The highest BCUT2D eigenvalue weighted by atomic mass is 32.1. The van der Waals surface area contributed by atoms with Gasteiger partial charge in [0.25, 0.3) is 0 Å². The molecule has 0 aliphatic rings. The van der Waals surface area contributed by atoms with Crippen LogP contribution in [0, 0.1) is 0 Å². The van der Waals surface area contributed by atoms with E-state index in [0.717, 1.165) is 12.4 Å². The summed E-state index contributed by atoms with van der Waals surface area (Å²) >= 11 is 4.23. The third-order valence-corrected chi connectivity index (χ3v) is 2.44. The van der Waals surface area contributed by atoms with Crippen molar-refractivity contribution in [2.24, 2.45) is 0 Å². The topological polar surface area (TPSA) is 44.8 Å². The molecule has 78 valence electrons. The van der Waals surface area contributed by atoms with Crippen LogP contribution in [-0.2, 0) is 6.54 Å². The van der Waals surface area contributed by atoms with E-state index in [1.54, 1.807) is 0 Å². The summed E-state index contributed by atoms with van der Waals surface area (Å²) in [5, 5.41) is 11.0. The van der Waals surface area contributed by atoms with Crippen molar-refractivity contribution in [2.45, 2.75) is 11.6 Å². The Labute approximate surface area is 93.7 Å². The molecule has 0 aliphatic heterocycles. The molecule has 5 heteroatoms. The monoisotopic (exact) mass is 220 g/mol. The van der Waals surface area contributed by atoms with Crippen LogP contribution >= 0.6 is 12.6 Å². The van der Waals surface area contributed by atoms with Gasteiger partial charge in [-0.15, -0.1) is 17.7 Å². The molecule has 0 saturated heterocycles. The van der Waals surface area contributed by atoms with Crippen molar-refractivity contribution in [3.63, 3.8) is 0 Å². The van der Waals surface area contributed by atoms with Gasteiger partial charge in [-0.05, 0) is 5.56 Å². The van der Waals surface area contributed by atoms with E-state index >= 15 is 0 Å². The second kappa shape index (κ2) is 4.35. The SMILES string of the molecule is CN(Cc1ccccc1)c1nn[nH]c1S. The van der Waals surface area contributed by atoms with Crippen LogP contribution in [0.25, 0.3) is 0 Å². The molecular weight excluding hydrogens is 208 g/mol. The lowest BCUT2D eigenvalue weighted by atomic mass is 10.2. The van der Waals surface area contributed by atoms with Gasteiger partial charge in [-0.25, -0.2) is 5.10 Å². The van der Waals surface area contributed by atoms with Gasteiger partial charge in [0.2, 0.25) is 0 Å². The van der Waals surface area contributed by atoms with Gasteiger partial charge in [-0.3, -0.25) is 0 Å². The van der Waals surface area contributed by atoms with Crippen LogP contribution in [0.2, 0.25) is 0 Å². The number of anilines is 1. The number of H-pyrrole nitrogens is 1. The molecule has 0 aliphatic carbocycles. The van der Waals surface area contributed by atoms with Crippen LogP contribution in [-0.4, -0.2) is 22.5 Å². The number of benzene rings is 1.